The lowest BCUT2D eigenvalue weighted by atomic mass is 9.87. The molecule has 2 rings (SSSR count). The molecule has 1 heterocycles. The number of nitrogens with one attached hydrogen (secondary N) is 1. The Kier molecular flexibility index (Phi) is 6.11. The first-order chi connectivity index (χ1) is 9.24. The molecule has 2 N–H and O–H groups in total. The molecular formula is C15H28N2O2. The predicted molar refractivity (Wildman–Crippen MR) is 75.9 cm³/mol. The van der Waals surface area contributed by atoms with E-state index in [9.17, 15) is 9.90 Å². The fraction of sp³-hybridized carbons (Fsp3) is 0.933. The number of hydrogen-bond donors (Lipinski definition) is 2. The maximum absolute atomic E-state index is 11.8. The summed E-state index contributed by atoms with van der Waals surface area (Å²) in [5.74, 6) is 0.978. The lowest BCUT2D eigenvalue weighted by molar-refractivity contribution is -0.122. The molecular weight excluding hydrogens is 240 g/mol. The average molecular weight is 268 g/mol. The minimum atomic E-state index is -0.161. The van der Waals surface area contributed by atoms with Gasteiger partial charge in [-0.2, -0.15) is 0 Å². The van der Waals surface area contributed by atoms with Crippen molar-refractivity contribution >= 4 is 5.91 Å². The van der Waals surface area contributed by atoms with Gasteiger partial charge in [0.15, 0.2) is 0 Å². The monoisotopic (exact) mass is 268 g/mol. The Morgan fingerprint density at radius 3 is 2.47 bits per heavy atom. The Balaban J connectivity index is 1.54. The molecule has 2 aliphatic rings. The predicted octanol–water partition coefficient (Wildman–Crippen LogP) is 1.53. The zero-order valence-electron chi connectivity index (χ0n) is 11.9. The first kappa shape index (κ1) is 14.8. The zero-order chi connectivity index (χ0) is 13.5. The summed E-state index contributed by atoms with van der Waals surface area (Å²) in [7, 11) is 0. The Morgan fingerprint density at radius 1 is 1.11 bits per heavy atom. The second kappa shape index (κ2) is 7.85. The average Bonchev–Trinajstić information content (AvgIpc) is 2.43. The van der Waals surface area contributed by atoms with Crippen molar-refractivity contribution in [1.82, 2.24) is 10.2 Å². The minimum Gasteiger partial charge on any atom is -0.393 e. The van der Waals surface area contributed by atoms with E-state index < -0.39 is 0 Å². The summed E-state index contributed by atoms with van der Waals surface area (Å²) in [6, 6.07) is 0. The Morgan fingerprint density at radius 2 is 1.79 bits per heavy atom. The molecule has 2 fully saturated rings. The van der Waals surface area contributed by atoms with Crippen LogP contribution < -0.4 is 5.32 Å². The molecule has 19 heavy (non-hydrogen) atoms. The molecule has 4 nitrogen and oxygen atoms in total. The van der Waals surface area contributed by atoms with Crippen molar-refractivity contribution in [3.05, 3.63) is 0 Å². The summed E-state index contributed by atoms with van der Waals surface area (Å²) >= 11 is 0. The van der Waals surface area contributed by atoms with Crippen molar-refractivity contribution in [2.45, 2.75) is 57.5 Å². The smallest absolute Gasteiger partial charge is 0.234 e. The van der Waals surface area contributed by atoms with Crippen molar-refractivity contribution in [3.63, 3.8) is 0 Å². The largest absolute Gasteiger partial charge is 0.393 e. The highest BCUT2D eigenvalue weighted by Crippen LogP contribution is 2.25. The van der Waals surface area contributed by atoms with Crippen LogP contribution in [-0.4, -0.2) is 48.2 Å². The summed E-state index contributed by atoms with van der Waals surface area (Å²) in [5, 5.41) is 12.5. The van der Waals surface area contributed by atoms with Crippen LogP contribution in [0.1, 0.15) is 51.4 Å². The summed E-state index contributed by atoms with van der Waals surface area (Å²) in [5.41, 5.74) is 0. The van der Waals surface area contributed by atoms with Gasteiger partial charge in [-0.3, -0.25) is 9.69 Å². The molecule has 110 valence electrons. The molecule has 0 bridgehead atoms. The van der Waals surface area contributed by atoms with Gasteiger partial charge in [0.05, 0.1) is 12.6 Å². The third-order valence-corrected chi connectivity index (χ3v) is 4.52. The van der Waals surface area contributed by atoms with Crippen LogP contribution in [0.4, 0.5) is 0 Å². The van der Waals surface area contributed by atoms with E-state index in [1.807, 2.05) is 0 Å². The standard InChI is InChI=1S/C15H28N2O2/c18-14-7-10-17(11-8-14)12-15(19)16-9-6-13-4-2-1-3-5-13/h13-14,18H,1-12H2,(H,16,19). The maximum Gasteiger partial charge on any atom is 0.234 e. The highest BCUT2D eigenvalue weighted by Gasteiger charge is 2.19. The molecule has 0 aromatic rings. The highest BCUT2D eigenvalue weighted by atomic mass is 16.3. The van der Waals surface area contributed by atoms with E-state index in [2.05, 4.69) is 10.2 Å². The lowest BCUT2D eigenvalue weighted by Crippen LogP contribution is -2.42. The number of likely N-dealkylation sites (tertiary alicyclic amines) is 1. The van der Waals surface area contributed by atoms with Crippen LogP contribution in [-0.2, 0) is 4.79 Å². The third kappa shape index (κ3) is 5.49. The van der Waals surface area contributed by atoms with E-state index >= 15 is 0 Å². The number of carbonyl (C=O) groups excluding carboxylic acids is 1. The van der Waals surface area contributed by atoms with Crippen molar-refractivity contribution in [2.24, 2.45) is 5.92 Å². The lowest BCUT2D eigenvalue weighted by Gasteiger charge is -2.28. The molecule has 1 saturated heterocycles. The number of piperidine rings is 1. The van der Waals surface area contributed by atoms with Gasteiger partial charge in [-0.25, -0.2) is 0 Å². The summed E-state index contributed by atoms with van der Waals surface area (Å²) < 4.78 is 0. The van der Waals surface area contributed by atoms with Crippen LogP contribution in [0, 0.1) is 5.92 Å². The van der Waals surface area contributed by atoms with Crippen molar-refractivity contribution < 1.29 is 9.90 Å². The highest BCUT2D eigenvalue weighted by molar-refractivity contribution is 5.77. The van der Waals surface area contributed by atoms with E-state index in [1.54, 1.807) is 0 Å². The van der Waals surface area contributed by atoms with Crippen molar-refractivity contribution in [2.75, 3.05) is 26.2 Å². The quantitative estimate of drug-likeness (QED) is 0.795. The number of hydrogen-bond acceptors (Lipinski definition) is 3. The minimum absolute atomic E-state index is 0.146. The summed E-state index contributed by atoms with van der Waals surface area (Å²) in [6.07, 6.45) is 9.41. The van der Waals surface area contributed by atoms with Crippen LogP contribution in [0.15, 0.2) is 0 Å². The van der Waals surface area contributed by atoms with Gasteiger partial charge in [-0.05, 0) is 25.2 Å². The van der Waals surface area contributed by atoms with E-state index in [4.69, 9.17) is 0 Å². The normalized spacial score (nSPS) is 23.4. The van der Waals surface area contributed by atoms with Gasteiger partial charge >= 0.3 is 0 Å². The van der Waals surface area contributed by atoms with E-state index in [1.165, 1.54) is 32.1 Å². The summed E-state index contributed by atoms with van der Waals surface area (Å²) in [4.78, 5) is 14.0. The molecule has 0 aromatic carbocycles. The maximum atomic E-state index is 11.8. The third-order valence-electron chi connectivity index (χ3n) is 4.52. The Hall–Kier alpha value is -0.610. The van der Waals surface area contributed by atoms with Crippen LogP contribution in [0.5, 0.6) is 0 Å². The van der Waals surface area contributed by atoms with E-state index in [-0.39, 0.29) is 12.0 Å². The molecule has 1 amide bonds. The molecule has 1 aliphatic heterocycles. The molecule has 0 atom stereocenters. The first-order valence-electron chi connectivity index (χ1n) is 7.91. The van der Waals surface area contributed by atoms with Gasteiger partial charge < -0.3 is 10.4 Å². The van der Waals surface area contributed by atoms with Gasteiger partial charge in [-0.15, -0.1) is 0 Å². The number of rotatable bonds is 5. The van der Waals surface area contributed by atoms with Crippen molar-refractivity contribution in [3.8, 4) is 0 Å². The molecule has 0 unspecified atom stereocenters. The first-order valence-corrected chi connectivity index (χ1v) is 7.91. The van der Waals surface area contributed by atoms with Gasteiger partial charge in [0.1, 0.15) is 0 Å². The number of amides is 1. The van der Waals surface area contributed by atoms with Gasteiger partial charge in [0, 0.05) is 19.6 Å². The van der Waals surface area contributed by atoms with E-state index in [0.29, 0.717) is 6.54 Å². The molecule has 4 heteroatoms. The molecule has 1 aliphatic carbocycles. The van der Waals surface area contributed by atoms with E-state index in [0.717, 1.165) is 44.8 Å². The van der Waals surface area contributed by atoms with Crippen LogP contribution in [0.3, 0.4) is 0 Å². The molecule has 0 radical (unpaired) electrons. The van der Waals surface area contributed by atoms with Crippen LogP contribution >= 0.6 is 0 Å². The van der Waals surface area contributed by atoms with Gasteiger partial charge in [0.25, 0.3) is 0 Å². The number of aliphatic hydroxyl groups is 1. The molecule has 0 aromatic heterocycles. The second-order valence-electron chi connectivity index (χ2n) is 6.15. The Bertz CT molecular complexity index is 269. The Labute approximate surface area is 116 Å². The SMILES string of the molecule is O=C(CN1CCC(O)CC1)NCCC1CCCCC1. The van der Waals surface area contributed by atoms with Crippen molar-refractivity contribution in [1.29, 1.82) is 0 Å². The molecule has 1 saturated carbocycles. The summed E-state index contributed by atoms with van der Waals surface area (Å²) in [6.45, 7) is 3.02. The zero-order valence-corrected chi connectivity index (χ0v) is 11.9. The van der Waals surface area contributed by atoms with Gasteiger partial charge in [-0.1, -0.05) is 32.1 Å². The second-order valence-corrected chi connectivity index (χ2v) is 6.15. The number of carbonyl (C=O) groups is 1. The topological polar surface area (TPSA) is 52.6 Å². The number of nitrogens with zero attached hydrogens (tertiary/aromatic N) is 1. The van der Waals surface area contributed by atoms with Crippen LogP contribution in [0.25, 0.3) is 0 Å². The number of aliphatic hydroxyl groups excluding tert-OH is 1. The molecule has 0 spiro atoms. The van der Waals surface area contributed by atoms with Crippen LogP contribution in [0.2, 0.25) is 0 Å². The van der Waals surface area contributed by atoms with Gasteiger partial charge in [0.2, 0.25) is 5.91 Å². The fourth-order valence-corrected chi connectivity index (χ4v) is 3.23. The fourth-order valence-electron chi connectivity index (χ4n) is 3.23.